The summed E-state index contributed by atoms with van der Waals surface area (Å²) in [4.78, 5) is 0. The Morgan fingerprint density at radius 1 is 1.07 bits per heavy atom. The van der Waals surface area contributed by atoms with Crippen LogP contribution in [0, 0.1) is 0 Å². The molecule has 142 valence electrons. The van der Waals surface area contributed by atoms with E-state index in [1.54, 1.807) is 12.1 Å². The van der Waals surface area contributed by atoms with Crippen LogP contribution in [0.25, 0.3) is 10.9 Å². The Hall–Kier alpha value is -1.82. The predicted molar refractivity (Wildman–Crippen MR) is 108 cm³/mol. The Balaban J connectivity index is 1.78. The molecule has 3 aromatic rings. The highest BCUT2D eigenvalue weighted by Gasteiger charge is 2.37. The van der Waals surface area contributed by atoms with Gasteiger partial charge in [-0.15, -0.1) is 0 Å². The van der Waals surface area contributed by atoms with Crippen LogP contribution in [0.5, 0.6) is 0 Å². The largest absolute Gasteiger partial charge is 0.355 e. The van der Waals surface area contributed by atoms with E-state index in [-0.39, 0.29) is 12.8 Å². The molecule has 3 nitrogen and oxygen atoms in total. The number of hydrogen-bond acceptors (Lipinski definition) is 2. The van der Waals surface area contributed by atoms with Gasteiger partial charge in [-0.3, -0.25) is 0 Å². The molecular weight excluding hydrogens is 391 g/mol. The molecule has 0 aliphatic heterocycles. The fourth-order valence-electron chi connectivity index (χ4n) is 3.81. The molecule has 4 rings (SSSR count). The fraction of sp³-hybridized carbons (Fsp3) is 0.300. The third-order valence-electron chi connectivity index (χ3n) is 5.01. The van der Waals surface area contributed by atoms with Gasteiger partial charge in [-0.2, -0.15) is 0 Å². The maximum atomic E-state index is 14.1. The second-order valence-corrected chi connectivity index (χ2v) is 7.70. The van der Waals surface area contributed by atoms with Gasteiger partial charge in [0, 0.05) is 53.9 Å². The summed E-state index contributed by atoms with van der Waals surface area (Å²) >= 11 is 12.0. The fourth-order valence-corrected chi connectivity index (χ4v) is 4.11. The molecular formula is C20H19Cl2F2N3. The minimum atomic E-state index is -2.66. The number of nitrogens with one attached hydrogen (secondary N) is 1. The molecule has 0 fully saturated rings. The van der Waals surface area contributed by atoms with Crippen molar-refractivity contribution in [2.24, 2.45) is 5.73 Å². The van der Waals surface area contributed by atoms with Crippen molar-refractivity contribution < 1.29 is 8.78 Å². The normalized spacial score (nSPS) is 15.7. The van der Waals surface area contributed by atoms with Gasteiger partial charge in [0.2, 0.25) is 0 Å². The van der Waals surface area contributed by atoms with Crippen LogP contribution in [0.4, 0.5) is 20.2 Å². The van der Waals surface area contributed by atoms with Crippen LogP contribution in [0.1, 0.15) is 17.7 Å². The lowest BCUT2D eigenvalue weighted by Crippen LogP contribution is -2.27. The summed E-state index contributed by atoms with van der Waals surface area (Å²) in [5, 5.41) is 5.05. The van der Waals surface area contributed by atoms with Crippen LogP contribution in [0.3, 0.4) is 0 Å². The van der Waals surface area contributed by atoms with Gasteiger partial charge in [0.25, 0.3) is 5.92 Å². The van der Waals surface area contributed by atoms with E-state index in [0.717, 1.165) is 33.5 Å². The minimum absolute atomic E-state index is 0.116. The first-order valence-corrected chi connectivity index (χ1v) is 9.57. The van der Waals surface area contributed by atoms with Gasteiger partial charge in [0.1, 0.15) is 0 Å². The lowest BCUT2D eigenvalue weighted by molar-refractivity contribution is -0.0125. The molecule has 0 amide bonds. The van der Waals surface area contributed by atoms with E-state index >= 15 is 0 Å². The number of halogens is 4. The molecule has 2 aromatic carbocycles. The maximum absolute atomic E-state index is 14.1. The molecule has 7 heteroatoms. The minimum Gasteiger partial charge on any atom is -0.355 e. The number of fused-ring (bicyclic) bond motifs is 3. The summed E-state index contributed by atoms with van der Waals surface area (Å²) in [6.45, 7) is 1.09. The number of aromatic nitrogens is 1. The van der Waals surface area contributed by atoms with Gasteiger partial charge in [-0.05, 0) is 48.4 Å². The third-order valence-corrected chi connectivity index (χ3v) is 5.75. The highest BCUT2D eigenvalue weighted by atomic mass is 35.5. The Morgan fingerprint density at radius 2 is 1.81 bits per heavy atom. The van der Waals surface area contributed by atoms with Crippen LogP contribution in [0.15, 0.2) is 36.4 Å². The van der Waals surface area contributed by atoms with E-state index in [9.17, 15) is 8.78 Å². The molecule has 1 aliphatic rings. The van der Waals surface area contributed by atoms with Gasteiger partial charge >= 0.3 is 0 Å². The van der Waals surface area contributed by atoms with E-state index in [1.165, 1.54) is 0 Å². The molecule has 1 aromatic heterocycles. The number of hydrogen-bond donors (Lipinski definition) is 2. The quantitative estimate of drug-likeness (QED) is 0.573. The number of rotatable bonds is 4. The van der Waals surface area contributed by atoms with E-state index < -0.39 is 5.92 Å². The Bertz CT molecular complexity index is 1010. The molecule has 0 saturated carbocycles. The zero-order chi connectivity index (χ0) is 19.2. The van der Waals surface area contributed by atoms with E-state index in [4.69, 9.17) is 28.9 Å². The molecule has 0 spiro atoms. The second kappa shape index (κ2) is 6.97. The standard InChI is InChI=1S/C20H19Cl2F2N3/c21-16-3-1-13(10-17(16)22)26-12-2-4-18-14(9-12)15-11-20(23,24)6-5-19(15)27(18)8-7-25/h1-4,9-10,26H,5-8,11,25H2. The van der Waals surface area contributed by atoms with Crippen molar-refractivity contribution in [3.8, 4) is 0 Å². The van der Waals surface area contributed by atoms with Gasteiger partial charge in [-0.25, -0.2) is 8.78 Å². The number of alkyl halides is 2. The molecule has 0 radical (unpaired) electrons. The van der Waals surface area contributed by atoms with Crippen molar-refractivity contribution in [3.63, 3.8) is 0 Å². The van der Waals surface area contributed by atoms with Crippen molar-refractivity contribution >= 4 is 45.5 Å². The topological polar surface area (TPSA) is 43.0 Å². The molecule has 0 saturated heterocycles. The third kappa shape index (κ3) is 3.51. The molecule has 0 unspecified atom stereocenters. The van der Waals surface area contributed by atoms with Crippen molar-refractivity contribution in [1.29, 1.82) is 0 Å². The summed E-state index contributed by atoms with van der Waals surface area (Å²) in [5.74, 6) is -2.66. The Kier molecular flexibility index (Phi) is 4.78. The molecule has 0 bridgehead atoms. The van der Waals surface area contributed by atoms with Gasteiger partial charge < -0.3 is 15.6 Å². The van der Waals surface area contributed by atoms with Crippen molar-refractivity contribution in [3.05, 3.63) is 57.7 Å². The predicted octanol–water partition coefficient (Wildman–Crippen LogP) is 5.77. The highest BCUT2D eigenvalue weighted by Crippen LogP contribution is 2.40. The number of benzene rings is 2. The lowest BCUT2D eigenvalue weighted by atomic mass is 9.92. The first-order chi connectivity index (χ1) is 12.9. The van der Waals surface area contributed by atoms with Crippen LogP contribution in [0.2, 0.25) is 10.0 Å². The van der Waals surface area contributed by atoms with Gasteiger partial charge in [0.05, 0.1) is 10.0 Å². The molecule has 1 heterocycles. The summed E-state index contributed by atoms with van der Waals surface area (Å²) in [6, 6.07) is 11.1. The van der Waals surface area contributed by atoms with E-state index in [2.05, 4.69) is 9.88 Å². The van der Waals surface area contributed by atoms with Crippen LogP contribution in [-0.2, 0) is 19.4 Å². The lowest BCUT2D eigenvalue weighted by Gasteiger charge is -2.23. The second-order valence-electron chi connectivity index (χ2n) is 6.88. The summed E-state index contributed by atoms with van der Waals surface area (Å²) in [5.41, 5.74) is 10.00. The van der Waals surface area contributed by atoms with Crippen molar-refractivity contribution in [2.45, 2.75) is 31.7 Å². The zero-order valence-electron chi connectivity index (χ0n) is 14.5. The number of nitrogens with zero attached hydrogens (tertiary/aromatic N) is 1. The molecule has 3 N–H and O–H groups in total. The zero-order valence-corrected chi connectivity index (χ0v) is 16.0. The van der Waals surface area contributed by atoms with E-state index in [1.807, 2.05) is 24.3 Å². The smallest absolute Gasteiger partial charge is 0.252 e. The Morgan fingerprint density at radius 3 is 2.56 bits per heavy atom. The highest BCUT2D eigenvalue weighted by molar-refractivity contribution is 6.42. The molecule has 27 heavy (non-hydrogen) atoms. The van der Waals surface area contributed by atoms with Crippen LogP contribution >= 0.6 is 23.2 Å². The summed E-state index contributed by atoms with van der Waals surface area (Å²) in [7, 11) is 0. The Labute approximate surface area is 166 Å². The average Bonchev–Trinajstić information content (AvgIpc) is 2.90. The maximum Gasteiger partial charge on any atom is 0.252 e. The van der Waals surface area contributed by atoms with Crippen molar-refractivity contribution in [1.82, 2.24) is 4.57 Å². The number of nitrogens with two attached hydrogens (primary N) is 1. The monoisotopic (exact) mass is 409 g/mol. The SMILES string of the molecule is NCCn1c2c(c3cc(Nc4ccc(Cl)c(Cl)c4)ccc31)CC(F)(F)CC2. The first kappa shape index (κ1) is 18.5. The van der Waals surface area contributed by atoms with Crippen molar-refractivity contribution in [2.75, 3.05) is 11.9 Å². The summed E-state index contributed by atoms with van der Waals surface area (Å²) < 4.78 is 30.2. The van der Waals surface area contributed by atoms with Crippen LogP contribution in [-0.4, -0.2) is 17.0 Å². The van der Waals surface area contributed by atoms with Gasteiger partial charge in [0.15, 0.2) is 0 Å². The van der Waals surface area contributed by atoms with Crippen LogP contribution < -0.4 is 11.1 Å². The molecule has 0 atom stereocenters. The number of anilines is 2. The summed E-state index contributed by atoms with van der Waals surface area (Å²) in [6.07, 6.45) is 0.0223. The first-order valence-electron chi connectivity index (χ1n) is 8.82. The average molecular weight is 410 g/mol. The van der Waals surface area contributed by atoms with E-state index in [0.29, 0.717) is 29.6 Å². The molecule has 1 aliphatic carbocycles. The van der Waals surface area contributed by atoms with Gasteiger partial charge in [-0.1, -0.05) is 23.2 Å².